The maximum atomic E-state index is 13.4. The summed E-state index contributed by atoms with van der Waals surface area (Å²) < 4.78 is 26.2. The molecule has 0 aliphatic carbocycles. The van der Waals surface area contributed by atoms with Crippen LogP contribution in [0.15, 0.2) is 18.2 Å². The molecule has 0 radical (unpaired) electrons. The summed E-state index contributed by atoms with van der Waals surface area (Å²) in [7, 11) is 1.91. The standard InChI is InChI=1S/C14H19F2N3O.ClH/c1-17-7-10-4-5-19(8-10)9-14(20)18-13-3-2-11(15)6-12(13)16;/h2-3,6,10,17H,4-5,7-9H2,1H3,(H,18,20);1H. The molecule has 1 atom stereocenters. The number of nitrogens with one attached hydrogen (secondary N) is 2. The summed E-state index contributed by atoms with van der Waals surface area (Å²) in [5.41, 5.74) is 0.0161. The molecule has 0 aromatic heterocycles. The average Bonchev–Trinajstić information content (AvgIpc) is 2.81. The monoisotopic (exact) mass is 319 g/mol. The number of hydrogen-bond donors (Lipinski definition) is 2. The van der Waals surface area contributed by atoms with E-state index in [-0.39, 0.29) is 30.5 Å². The molecule has 7 heteroatoms. The molecule has 0 saturated carbocycles. The predicted octanol–water partition coefficient (Wildman–Crippen LogP) is 1.87. The normalized spacial score (nSPS) is 18.3. The van der Waals surface area contributed by atoms with Crippen molar-refractivity contribution < 1.29 is 13.6 Å². The zero-order valence-electron chi connectivity index (χ0n) is 11.9. The Balaban J connectivity index is 0.00000220. The number of carbonyl (C=O) groups is 1. The second-order valence-corrected chi connectivity index (χ2v) is 5.12. The Hall–Kier alpha value is -1.24. The van der Waals surface area contributed by atoms with Gasteiger partial charge in [0.25, 0.3) is 0 Å². The molecule has 1 heterocycles. The fourth-order valence-corrected chi connectivity index (χ4v) is 2.50. The van der Waals surface area contributed by atoms with Crippen LogP contribution in [0.4, 0.5) is 14.5 Å². The van der Waals surface area contributed by atoms with Gasteiger partial charge < -0.3 is 10.6 Å². The summed E-state index contributed by atoms with van der Waals surface area (Å²) in [5, 5.41) is 5.60. The van der Waals surface area contributed by atoms with E-state index in [2.05, 4.69) is 10.6 Å². The number of halogens is 3. The molecule has 1 aromatic rings. The van der Waals surface area contributed by atoms with Gasteiger partial charge in [-0.15, -0.1) is 12.4 Å². The third-order valence-electron chi connectivity index (χ3n) is 3.44. The number of nitrogens with zero attached hydrogens (tertiary/aromatic N) is 1. The molecule has 4 nitrogen and oxygen atoms in total. The highest BCUT2D eigenvalue weighted by molar-refractivity contribution is 5.92. The maximum Gasteiger partial charge on any atom is 0.238 e. The number of rotatable bonds is 5. The van der Waals surface area contributed by atoms with Crippen molar-refractivity contribution in [3.05, 3.63) is 29.8 Å². The highest BCUT2D eigenvalue weighted by Crippen LogP contribution is 2.17. The number of anilines is 1. The highest BCUT2D eigenvalue weighted by atomic mass is 35.5. The van der Waals surface area contributed by atoms with Crippen LogP contribution >= 0.6 is 12.4 Å². The Morgan fingerprint density at radius 3 is 2.86 bits per heavy atom. The van der Waals surface area contributed by atoms with Crippen molar-refractivity contribution in [1.29, 1.82) is 0 Å². The van der Waals surface area contributed by atoms with Crippen LogP contribution in [-0.4, -0.2) is 44.0 Å². The van der Waals surface area contributed by atoms with Gasteiger partial charge in [0.1, 0.15) is 11.6 Å². The number of carbonyl (C=O) groups excluding carboxylic acids is 1. The smallest absolute Gasteiger partial charge is 0.238 e. The first kappa shape index (κ1) is 17.8. The van der Waals surface area contributed by atoms with Crippen LogP contribution in [-0.2, 0) is 4.79 Å². The molecular formula is C14H20ClF2N3O. The minimum absolute atomic E-state index is 0. The minimum atomic E-state index is -0.757. The Kier molecular flexibility index (Phi) is 7.01. The minimum Gasteiger partial charge on any atom is -0.322 e. The van der Waals surface area contributed by atoms with Gasteiger partial charge in [0, 0.05) is 12.6 Å². The molecule has 2 N–H and O–H groups in total. The molecule has 1 fully saturated rings. The van der Waals surface area contributed by atoms with Gasteiger partial charge >= 0.3 is 0 Å². The number of amides is 1. The zero-order chi connectivity index (χ0) is 14.5. The van der Waals surface area contributed by atoms with Crippen LogP contribution in [0.5, 0.6) is 0 Å². The van der Waals surface area contributed by atoms with E-state index >= 15 is 0 Å². The van der Waals surface area contributed by atoms with Crippen molar-refractivity contribution in [3.8, 4) is 0 Å². The molecule has 0 bridgehead atoms. The van der Waals surface area contributed by atoms with Gasteiger partial charge in [-0.05, 0) is 44.6 Å². The fourth-order valence-electron chi connectivity index (χ4n) is 2.50. The molecular weight excluding hydrogens is 300 g/mol. The largest absolute Gasteiger partial charge is 0.322 e. The van der Waals surface area contributed by atoms with E-state index in [1.54, 1.807) is 0 Å². The SMILES string of the molecule is CNCC1CCN(CC(=O)Nc2ccc(F)cc2F)C1.Cl. The lowest BCUT2D eigenvalue weighted by molar-refractivity contribution is -0.117. The van der Waals surface area contributed by atoms with Gasteiger partial charge in [-0.25, -0.2) is 8.78 Å². The molecule has 1 aliphatic rings. The summed E-state index contributed by atoms with van der Waals surface area (Å²) in [6.45, 7) is 2.90. The van der Waals surface area contributed by atoms with E-state index in [0.29, 0.717) is 5.92 Å². The van der Waals surface area contributed by atoms with Crippen molar-refractivity contribution in [1.82, 2.24) is 10.2 Å². The first-order valence-electron chi connectivity index (χ1n) is 6.70. The molecule has 21 heavy (non-hydrogen) atoms. The van der Waals surface area contributed by atoms with Gasteiger partial charge in [0.15, 0.2) is 0 Å². The van der Waals surface area contributed by atoms with E-state index in [9.17, 15) is 13.6 Å². The van der Waals surface area contributed by atoms with Crippen molar-refractivity contribution in [2.75, 3.05) is 38.5 Å². The van der Waals surface area contributed by atoms with Gasteiger partial charge in [0.2, 0.25) is 5.91 Å². The van der Waals surface area contributed by atoms with Crippen LogP contribution in [0.25, 0.3) is 0 Å². The zero-order valence-corrected chi connectivity index (χ0v) is 12.7. The van der Waals surface area contributed by atoms with Crippen LogP contribution in [0.2, 0.25) is 0 Å². The van der Waals surface area contributed by atoms with Crippen molar-refractivity contribution in [2.45, 2.75) is 6.42 Å². The second-order valence-electron chi connectivity index (χ2n) is 5.12. The number of hydrogen-bond acceptors (Lipinski definition) is 3. The summed E-state index contributed by atoms with van der Waals surface area (Å²) in [6.07, 6.45) is 1.05. The summed E-state index contributed by atoms with van der Waals surface area (Å²) in [6, 6.07) is 3.11. The third-order valence-corrected chi connectivity index (χ3v) is 3.44. The van der Waals surface area contributed by atoms with Crippen LogP contribution < -0.4 is 10.6 Å². The lowest BCUT2D eigenvalue weighted by Crippen LogP contribution is -2.32. The van der Waals surface area contributed by atoms with Gasteiger partial charge in [-0.1, -0.05) is 0 Å². The van der Waals surface area contributed by atoms with Crippen LogP contribution in [0.1, 0.15) is 6.42 Å². The Morgan fingerprint density at radius 1 is 1.43 bits per heavy atom. The lowest BCUT2D eigenvalue weighted by atomic mass is 10.1. The number of likely N-dealkylation sites (tertiary alicyclic amines) is 1. The van der Waals surface area contributed by atoms with E-state index in [4.69, 9.17) is 0 Å². The average molecular weight is 320 g/mol. The molecule has 2 rings (SSSR count). The number of benzene rings is 1. The molecule has 1 saturated heterocycles. The van der Waals surface area contributed by atoms with E-state index in [1.165, 1.54) is 6.07 Å². The third kappa shape index (κ3) is 5.22. The second kappa shape index (κ2) is 8.26. The summed E-state index contributed by atoms with van der Waals surface area (Å²) in [5.74, 6) is -1.14. The van der Waals surface area contributed by atoms with Crippen molar-refractivity contribution >= 4 is 24.0 Å². The first-order valence-corrected chi connectivity index (χ1v) is 6.70. The van der Waals surface area contributed by atoms with Gasteiger partial charge in [0.05, 0.1) is 12.2 Å². The Morgan fingerprint density at radius 2 is 2.19 bits per heavy atom. The van der Waals surface area contributed by atoms with Gasteiger partial charge in [-0.2, -0.15) is 0 Å². The molecule has 0 spiro atoms. The molecule has 1 unspecified atom stereocenters. The van der Waals surface area contributed by atoms with Crippen molar-refractivity contribution in [3.63, 3.8) is 0 Å². The van der Waals surface area contributed by atoms with E-state index in [0.717, 1.165) is 38.2 Å². The quantitative estimate of drug-likeness (QED) is 0.871. The Labute approximate surface area is 129 Å². The maximum absolute atomic E-state index is 13.4. The lowest BCUT2D eigenvalue weighted by Gasteiger charge is -2.15. The van der Waals surface area contributed by atoms with Gasteiger partial charge in [-0.3, -0.25) is 9.69 Å². The highest BCUT2D eigenvalue weighted by Gasteiger charge is 2.23. The summed E-state index contributed by atoms with van der Waals surface area (Å²) in [4.78, 5) is 13.9. The van der Waals surface area contributed by atoms with Crippen LogP contribution in [0.3, 0.4) is 0 Å². The molecule has 118 valence electrons. The van der Waals surface area contributed by atoms with Crippen molar-refractivity contribution in [2.24, 2.45) is 5.92 Å². The predicted molar refractivity (Wildman–Crippen MR) is 80.7 cm³/mol. The fraction of sp³-hybridized carbons (Fsp3) is 0.500. The first-order chi connectivity index (χ1) is 9.58. The molecule has 1 aliphatic heterocycles. The molecule has 1 aromatic carbocycles. The van der Waals surface area contributed by atoms with Crippen LogP contribution in [0, 0.1) is 17.6 Å². The Bertz CT molecular complexity index is 487. The topological polar surface area (TPSA) is 44.4 Å². The summed E-state index contributed by atoms with van der Waals surface area (Å²) >= 11 is 0. The molecule has 1 amide bonds. The van der Waals surface area contributed by atoms with E-state index in [1.807, 2.05) is 11.9 Å². The van der Waals surface area contributed by atoms with E-state index < -0.39 is 11.6 Å².